The Morgan fingerprint density at radius 3 is 2.34 bits per heavy atom. The van der Waals surface area contributed by atoms with Gasteiger partial charge in [0.1, 0.15) is 0 Å². The molecule has 29 heavy (non-hydrogen) atoms. The molecule has 1 aliphatic rings. The molecule has 1 aromatic rings. The third-order valence-corrected chi connectivity index (χ3v) is 4.99. The van der Waals surface area contributed by atoms with Crippen molar-refractivity contribution in [2.45, 2.75) is 59.2 Å². The third kappa shape index (κ3) is 9.80. The zero-order valence-corrected chi connectivity index (χ0v) is 20.9. The SMILES string of the molecule is CN=C(NCC(=O)NC(C)(C)C)NCc1ccccc1CN1CCC(C)CC1.I. The molecule has 0 unspecified atom stereocenters. The molecule has 7 heteroatoms. The second-order valence-corrected chi connectivity index (χ2v) is 8.80. The molecule has 3 N–H and O–H groups in total. The van der Waals surface area contributed by atoms with Crippen molar-refractivity contribution in [2.75, 3.05) is 26.7 Å². The van der Waals surface area contributed by atoms with Gasteiger partial charge in [-0.1, -0.05) is 31.2 Å². The van der Waals surface area contributed by atoms with Crippen LogP contribution in [0.4, 0.5) is 0 Å². The number of likely N-dealkylation sites (tertiary alicyclic amines) is 1. The van der Waals surface area contributed by atoms with E-state index in [1.54, 1.807) is 7.05 Å². The number of hydrogen-bond donors (Lipinski definition) is 3. The van der Waals surface area contributed by atoms with Crippen LogP contribution in [0.15, 0.2) is 29.3 Å². The highest BCUT2D eigenvalue weighted by molar-refractivity contribution is 14.0. The normalized spacial score (nSPS) is 16.1. The number of benzene rings is 1. The summed E-state index contributed by atoms with van der Waals surface area (Å²) in [6, 6.07) is 8.55. The van der Waals surface area contributed by atoms with Crippen LogP contribution in [-0.4, -0.2) is 49.0 Å². The summed E-state index contributed by atoms with van der Waals surface area (Å²) in [5.41, 5.74) is 2.38. The summed E-state index contributed by atoms with van der Waals surface area (Å²) >= 11 is 0. The number of nitrogens with one attached hydrogen (secondary N) is 3. The van der Waals surface area contributed by atoms with Gasteiger partial charge >= 0.3 is 0 Å². The van der Waals surface area contributed by atoms with Gasteiger partial charge in [-0.3, -0.25) is 14.7 Å². The summed E-state index contributed by atoms with van der Waals surface area (Å²) in [5.74, 6) is 1.43. The molecule has 0 aliphatic carbocycles. The van der Waals surface area contributed by atoms with Crippen LogP contribution in [0.2, 0.25) is 0 Å². The average Bonchev–Trinajstić information content (AvgIpc) is 2.63. The van der Waals surface area contributed by atoms with Crippen LogP contribution in [0, 0.1) is 5.92 Å². The van der Waals surface area contributed by atoms with Crippen LogP contribution in [0.1, 0.15) is 51.7 Å². The first kappa shape index (κ1) is 25.7. The lowest BCUT2D eigenvalue weighted by Crippen LogP contribution is -2.48. The van der Waals surface area contributed by atoms with Crippen LogP contribution >= 0.6 is 24.0 Å². The highest BCUT2D eigenvalue weighted by Gasteiger charge is 2.17. The van der Waals surface area contributed by atoms with Crippen molar-refractivity contribution in [1.29, 1.82) is 0 Å². The summed E-state index contributed by atoms with van der Waals surface area (Å²) in [6.45, 7) is 12.5. The summed E-state index contributed by atoms with van der Waals surface area (Å²) in [6.07, 6.45) is 2.57. The topological polar surface area (TPSA) is 68.8 Å². The number of piperidine rings is 1. The van der Waals surface area contributed by atoms with Crippen molar-refractivity contribution in [3.63, 3.8) is 0 Å². The predicted octanol–water partition coefficient (Wildman–Crippen LogP) is 3.12. The summed E-state index contributed by atoms with van der Waals surface area (Å²) in [5, 5.41) is 9.35. The Kier molecular flexibility index (Phi) is 11.0. The first-order chi connectivity index (χ1) is 13.3. The van der Waals surface area contributed by atoms with Crippen molar-refractivity contribution >= 4 is 35.8 Å². The van der Waals surface area contributed by atoms with Crippen LogP contribution in [-0.2, 0) is 17.9 Å². The lowest BCUT2D eigenvalue weighted by Gasteiger charge is -2.30. The number of nitrogens with zero attached hydrogens (tertiary/aromatic N) is 2. The molecule has 1 aromatic carbocycles. The predicted molar refractivity (Wildman–Crippen MR) is 132 cm³/mol. The zero-order chi connectivity index (χ0) is 20.6. The number of guanidine groups is 1. The van der Waals surface area contributed by atoms with Gasteiger partial charge < -0.3 is 16.0 Å². The monoisotopic (exact) mass is 515 g/mol. The molecule has 0 saturated carbocycles. The Morgan fingerprint density at radius 1 is 1.14 bits per heavy atom. The molecule has 1 amide bonds. The summed E-state index contributed by atoms with van der Waals surface area (Å²) in [4.78, 5) is 18.8. The van der Waals surface area contributed by atoms with Crippen LogP contribution in [0.3, 0.4) is 0 Å². The number of carbonyl (C=O) groups excluding carboxylic acids is 1. The van der Waals surface area contributed by atoms with E-state index in [1.807, 2.05) is 20.8 Å². The molecule has 1 aliphatic heterocycles. The summed E-state index contributed by atoms with van der Waals surface area (Å²) < 4.78 is 0. The van der Waals surface area contributed by atoms with Gasteiger partial charge in [0, 0.05) is 25.7 Å². The average molecular weight is 515 g/mol. The minimum Gasteiger partial charge on any atom is -0.352 e. The van der Waals surface area contributed by atoms with E-state index in [0.29, 0.717) is 12.5 Å². The minimum atomic E-state index is -0.235. The Bertz CT molecular complexity index is 663. The minimum absolute atomic E-state index is 0. The Hall–Kier alpha value is -1.35. The quantitative estimate of drug-likeness (QED) is 0.310. The van der Waals surface area contributed by atoms with Gasteiger partial charge in [0.05, 0.1) is 6.54 Å². The zero-order valence-electron chi connectivity index (χ0n) is 18.5. The van der Waals surface area contributed by atoms with Crippen molar-refractivity contribution in [1.82, 2.24) is 20.9 Å². The second kappa shape index (κ2) is 12.4. The number of hydrogen-bond acceptors (Lipinski definition) is 3. The molecule has 1 fully saturated rings. The van der Waals surface area contributed by atoms with E-state index in [0.717, 1.165) is 12.5 Å². The number of aliphatic imine (C=N–C) groups is 1. The molecule has 0 radical (unpaired) electrons. The lowest BCUT2D eigenvalue weighted by molar-refractivity contribution is -0.121. The maximum Gasteiger partial charge on any atom is 0.239 e. The fraction of sp³-hybridized carbons (Fsp3) is 0.636. The molecule has 0 bridgehead atoms. The van der Waals surface area contributed by atoms with E-state index in [4.69, 9.17) is 0 Å². The van der Waals surface area contributed by atoms with Crippen molar-refractivity contribution in [3.8, 4) is 0 Å². The number of rotatable bonds is 6. The van der Waals surface area contributed by atoms with Gasteiger partial charge in [-0.15, -0.1) is 24.0 Å². The van der Waals surface area contributed by atoms with Crippen molar-refractivity contribution in [2.24, 2.45) is 10.9 Å². The van der Waals surface area contributed by atoms with Gasteiger partial charge in [-0.05, 0) is 63.7 Å². The van der Waals surface area contributed by atoms with Gasteiger partial charge in [0.25, 0.3) is 0 Å². The number of carbonyl (C=O) groups is 1. The smallest absolute Gasteiger partial charge is 0.239 e. The third-order valence-electron chi connectivity index (χ3n) is 4.99. The second-order valence-electron chi connectivity index (χ2n) is 8.80. The van der Waals surface area contributed by atoms with Gasteiger partial charge in [0.2, 0.25) is 5.91 Å². The van der Waals surface area contributed by atoms with Crippen LogP contribution < -0.4 is 16.0 Å². The van der Waals surface area contributed by atoms with Gasteiger partial charge in [-0.25, -0.2) is 0 Å². The molecule has 1 heterocycles. The Labute approximate surface area is 193 Å². The molecule has 0 atom stereocenters. The van der Waals surface area contributed by atoms with Gasteiger partial charge in [-0.2, -0.15) is 0 Å². The summed E-state index contributed by atoms with van der Waals surface area (Å²) in [7, 11) is 1.72. The van der Waals surface area contributed by atoms with Crippen molar-refractivity contribution in [3.05, 3.63) is 35.4 Å². The highest BCUT2D eigenvalue weighted by atomic mass is 127. The standard InChI is InChI=1S/C22H37N5O.HI/c1-17-10-12-27(13-11-17)16-19-9-7-6-8-18(19)14-24-21(23-5)25-15-20(28)26-22(2,3)4;/h6-9,17H,10-16H2,1-5H3,(H,26,28)(H2,23,24,25);1H. The largest absolute Gasteiger partial charge is 0.352 e. The molecule has 6 nitrogen and oxygen atoms in total. The molecule has 2 rings (SSSR count). The first-order valence-electron chi connectivity index (χ1n) is 10.3. The van der Waals surface area contributed by atoms with E-state index in [9.17, 15) is 4.79 Å². The highest BCUT2D eigenvalue weighted by Crippen LogP contribution is 2.19. The number of amides is 1. The lowest BCUT2D eigenvalue weighted by atomic mass is 9.98. The molecular weight excluding hydrogens is 477 g/mol. The Balaban J connectivity index is 0.00000420. The first-order valence-corrected chi connectivity index (χ1v) is 10.3. The van der Waals surface area contributed by atoms with E-state index in [-0.39, 0.29) is 42.0 Å². The number of halogens is 1. The Morgan fingerprint density at radius 2 is 1.76 bits per heavy atom. The van der Waals surface area contributed by atoms with E-state index in [2.05, 4.69) is 57.0 Å². The fourth-order valence-electron chi connectivity index (χ4n) is 3.37. The molecule has 0 aromatic heterocycles. The van der Waals surface area contributed by atoms with Crippen molar-refractivity contribution < 1.29 is 4.79 Å². The fourth-order valence-corrected chi connectivity index (χ4v) is 3.37. The molecule has 1 saturated heterocycles. The van der Waals surface area contributed by atoms with E-state index < -0.39 is 0 Å². The molecule has 164 valence electrons. The molecular formula is C22H38IN5O. The van der Waals surface area contributed by atoms with Gasteiger partial charge in [0.15, 0.2) is 5.96 Å². The maximum absolute atomic E-state index is 12.0. The maximum atomic E-state index is 12.0. The van der Waals surface area contributed by atoms with E-state index in [1.165, 1.54) is 37.1 Å². The van der Waals surface area contributed by atoms with E-state index >= 15 is 0 Å². The van der Waals surface area contributed by atoms with Crippen LogP contribution in [0.5, 0.6) is 0 Å². The molecule has 0 spiro atoms. The van der Waals surface area contributed by atoms with Crippen LogP contribution in [0.25, 0.3) is 0 Å².